The molecule has 0 saturated carbocycles. The molecule has 0 unspecified atom stereocenters. The molecule has 0 aliphatic heterocycles. The summed E-state index contributed by atoms with van der Waals surface area (Å²) in [7, 11) is 0. The highest BCUT2D eigenvalue weighted by Gasteiger charge is 2.26. The number of carbonyl (C=O) groups is 3. The molecule has 1 atom stereocenters. The Kier molecular flexibility index (Phi) is 8.13. The third kappa shape index (κ3) is 7.04. The van der Waals surface area contributed by atoms with E-state index in [0.717, 1.165) is 5.56 Å². The minimum atomic E-state index is -0.861. The van der Waals surface area contributed by atoms with E-state index in [2.05, 4.69) is 10.6 Å². The minimum Gasteiger partial charge on any atom is -0.454 e. The van der Waals surface area contributed by atoms with Crippen molar-refractivity contribution in [2.75, 3.05) is 13.2 Å². The van der Waals surface area contributed by atoms with Gasteiger partial charge in [-0.25, -0.2) is 4.79 Å². The third-order valence-corrected chi connectivity index (χ3v) is 3.39. The smallest absolute Gasteiger partial charge is 0.329 e. The molecule has 0 aliphatic carbocycles. The van der Waals surface area contributed by atoms with Crippen molar-refractivity contribution in [2.24, 2.45) is 5.92 Å². The number of esters is 1. The van der Waals surface area contributed by atoms with Crippen molar-refractivity contribution in [1.82, 2.24) is 10.6 Å². The van der Waals surface area contributed by atoms with E-state index in [1.807, 2.05) is 19.1 Å². The number of benzene rings is 1. The van der Waals surface area contributed by atoms with Crippen LogP contribution in [0.3, 0.4) is 0 Å². The molecule has 2 amide bonds. The summed E-state index contributed by atoms with van der Waals surface area (Å²) < 4.78 is 4.97. The number of hydrogen-bond acceptors (Lipinski definition) is 5. The van der Waals surface area contributed by atoms with Crippen LogP contribution in [-0.4, -0.2) is 37.0 Å². The first kappa shape index (κ1) is 20.2. The lowest BCUT2D eigenvalue weighted by atomic mass is 10.0. The Labute approximate surface area is 147 Å². The maximum atomic E-state index is 12.3. The Morgan fingerprint density at radius 1 is 1.28 bits per heavy atom. The summed E-state index contributed by atoms with van der Waals surface area (Å²) in [6, 6.07) is 8.05. The maximum Gasteiger partial charge on any atom is 0.329 e. The van der Waals surface area contributed by atoms with Crippen LogP contribution >= 0.6 is 0 Å². The van der Waals surface area contributed by atoms with Crippen LogP contribution in [0.4, 0.5) is 0 Å². The van der Waals surface area contributed by atoms with Crippen LogP contribution in [0.25, 0.3) is 0 Å². The third-order valence-electron chi connectivity index (χ3n) is 3.39. The molecule has 1 aromatic carbocycles. The summed E-state index contributed by atoms with van der Waals surface area (Å²) in [5.41, 5.74) is 1.39. The predicted molar refractivity (Wildman–Crippen MR) is 91.5 cm³/mol. The Bertz CT molecular complexity index is 665. The number of amides is 2. The van der Waals surface area contributed by atoms with Crippen LogP contribution < -0.4 is 10.6 Å². The fourth-order valence-corrected chi connectivity index (χ4v) is 2.04. The molecule has 0 saturated heterocycles. The molecule has 134 valence electrons. The summed E-state index contributed by atoms with van der Waals surface area (Å²) in [4.78, 5) is 36.0. The van der Waals surface area contributed by atoms with Gasteiger partial charge in [0.15, 0.2) is 6.61 Å². The lowest BCUT2D eigenvalue weighted by Crippen LogP contribution is -2.46. The number of hydrogen-bond donors (Lipinski definition) is 2. The first-order valence-electron chi connectivity index (χ1n) is 8.03. The van der Waals surface area contributed by atoms with Crippen LogP contribution in [0.5, 0.6) is 0 Å². The average Bonchev–Trinajstić information content (AvgIpc) is 2.57. The van der Waals surface area contributed by atoms with Crippen molar-refractivity contribution in [3.8, 4) is 6.07 Å². The Hall–Kier alpha value is -2.88. The molecule has 0 bridgehead atoms. The van der Waals surface area contributed by atoms with Crippen LogP contribution in [0.1, 0.15) is 36.2 Å². The van der Waals surface area contributed by atoms with E-state index in [1.54, 1.807) is 32.0 Å². The van der Waals surface area contributed by atoms with Gasteiger partial charge in [-0.15, -0.1) is 0 Å². The molecular formula is C18H23N3O4. The Morgan fingerprint density at radius 2 is 2.00 bits per heavy atom. The highest BCUT2D eigenvalue weighted by atomic mass is 16.5. The number of nitrogens with zero attached hydrogens (tertiary/aromatic N) is 1. The van der Waals surface area contributed by atoms with E-state index in [4.69, 9.17) is 10.00 Å². The summed E-state index contributed by atoms with van der Waals surface area (Å²) in [5, 5.41) is 13.5. The molecular weight excluding hydrogens is 322 g/mol. The summed E-state index contributed by atoms with van der Waals surface area (Å²) in [6.45, 7) is 5.17. The van der Waals surface area contributed by atoms with Crippen molar-refractivity contribution >= 4 is 17.8 Å². The van der Waals surface area contributed by atoms with E-state index < -0.39 is 24.5 Å². The van der Waals surface area contributed by atoms with Crippen molar-refractivity contribution in [2.45, 2.75) is 33.2 Å². The van der Waals surface area contributed by atoms with E-state index >= 15 is 0 Å². The van der Waals surface area contributed by atoms with Gasteiger partial charge in [0.1, 0.15) is 6.04 Å². The van der Waals surface area contributed by atoms with E-state index in [1.165, 1.54) is 0 Å². The number of carbonyl (C=O) groups excluding carboxylic acids is 3. The highest BCUT2D eigenvalue weighted by molar-refractivity contribution is 5.97. The maximum absolute atomic E-state index is 12.3. The second kappa shape index (κ2) is 10.1. The standard InChI is InChI=1S/C18H23N3O4/c1-12(2)16(18(24)25-11-15(22)20-9-5-8-19)21-17(23)14-7-4-6-13(3)10-14/h4,6-7,10,12,16H,5,9,11H2,1-3H3,(H,20,22)(H,21,23)/t16-/m0/s1. The molecule has 0 radical (unpaired) electrons. The monoisotopic (exact) mass is 345 g/mol. The first-order valence-corrected chi connectivity index (χ1v) is 8.03. The molecule has 25 heavy (non-hydrogen) atoms. The average molecular weight is 345 g/mol. The number of rotatable bonds is 8. The molecule has 1 aromatic rings. The Morgan fingerprint density at radius 3 is 2.60 bits per heavy atom. The van der Waals surface area contributed by atoms with Gasteiger partial charge < -0.3 is 15.4 Å². The second-order valence-corrected chi connectivity index (χ2v) is 5.93. The fourth-order valence-electron chi connectivity index (χ4n) is 2.04. The van der Waals surface area contributed by atoms with Crippen LogP contribution in [0, 0.1) is 24.2 Å². The first-order chi connectivity index (χ1) is 11.8. The SMILES string of the molecule is Cc1cccc(C(=O)N[C@H](C(=O)OCC(=O)NCCC#N)C(C)C)c1. The molecule has 7 nitrogen and oxygen atoms in total. The topological polar surface area (TPSA) is 108 Å². The molecule has 0 aliphatic rings. The van der Waals surface area contributed by atoms with Crippen molar-refractivity contribution in [1.29, 1.82) is 5.26 Å². The molecule has 0 aromatic heterocycles. The van der Waals surface area contributed by atoms with E-state index in [0.29, 0.717) is 5.56 Å². The van der Waals surface area contributed by atoms with Crippen LogP contribution in [0.2, 0.25) is 0 Å². The van der Waals surface area contributed by atoms with E-state index in [9.17, 15) is 14.4 Å². The van der Waals surface area contributed by atoms with Gasteiger partial charge in [-0.1, -0.05) is 31.5 Å². The zero-order valence-corrected chi connectivity index (χ0v) is 14.7. The highest BCUT2D eigenvalue weighted by Crippen LogP contribution is 2.08. The minimum absolute atomic E-state index is 0.181. The zero-order chi connectivity index (χ0) is 18.8. The van der Waals surface area contributed by atoms with Gasteiger partial charge in [-0.3, -0.25) is 9.59 Å². The number of nitriles is 1. The van der Waals surface area contributed by atoms with Gasteiger partial charge in [-0.05, 0) is 25.0 Å². The van der Waals surface area contributed by atoms with Gasteiger partial charge in [0.05, 0.1) is 12.5 Å². The molecule has 0 heterocycles. The molecule has 0 fully saturated rings. The number of nitrogens with one attached hydrogen (secondary N) is 2. The molecule has 2 N–H and O–H groups in total. The fraction of sp³-hybridized carbons (Fsp3) is 0.444. The second-order valence-electron chi connectivity index (χ2n) is 5.93. The quantitative estimate of drug-likeness (QED) is 0.546. The summed E-state index contributed by atoms with van der Waals surface area (Å²) >= 11 is 0. The van der Waals surface area contributed by atoms with Gasteiger partial charge in [0.2, 0.25) is 0 Å². The van der Waals surface area contributed by atoms with E-state index in [-0.39, 0.29) is 24.8 Å². The number of aryl methyl sites for hydroxylation is 1. The normalized spacial score (nSPS) is 11.3. The predicted octanol–water partition coefficient (Wildman–Crippen LogP) is 1.32. The van der Waals surface area contributed by atoms with Gasteiger partial charge >= 0.3 is 5.97 Å². The van der Waals surface area contributed by atoms with Crippen LogP contribution in [0.15, 0.2) is 24.3 Å². The van der Waals surface area contributed by atoms with Gasteiger partial charge in [-0.2, -0.15) is 5.26 Å². The lowest BCUT2D eigenvalue weighted by Gasteiger charge is -2.20. The van der Waals surface area contributed by atoms with Crippen molar-refractivity contribution < 1.29 is 19.1 Å². The molecule has 1 rings (SSSR count). The van der Waals surface area contributed by atoms with Crippen LogP contribution in [-0.2, 0) is 14.3 Å². The summed E-state index contributed by atoms with van der Waals surface area (Å²) in [6.07, 6.45) is 0.181. The van der Waals surface area contributed by atoms with Crippen molar-refractivity contribution in [3.05, 3.63) is 35.4 Å². The largest absolute Gasteiger partial charge is 0.454 e. The Balaban J connectivity index is 2.61. The zero-order valence-electron chi connectivity index (χ0n) is 14.7. The lowest BCUT2D eigenvalue weighted by molar-refractivity contribution is -0.151. The summed E-state index contributed by atoms with van der Waals surface area (Å²) in [5.74, 6) is -1.75. The van der Waals surface area contributed by atoms with Gasteiger partial charge in [0, 0.05) is 12.1 Å². The number of ether oxygens (including phenoxy) is 1. The van der Waals surface area contributed by atoms with Gasteiger partial charge in [0.25, 0.3) is 11.8 Å². The molecule has 7 heteroatoms. The molecule has 0 spiro atoms. The van der Waals surface area contributed by atoms with Crippen molar-refractivity contribution in [3.63, 3.8) is 0 Å².